The van der Waals surface area contributed by atoms with Crippen molar-refractivity contribution in [3.05, 3.63) is 41.7 Å². The minimum Gasteiger partial charge on any atom is -0.356 e. The second kappa shape index (κ2) is 8.94. The molecule has 1 aromatic heterocycles. The molecule has 0 aliphatic carbocycles. The highest BCUT2D eigenvalue weighted by Crippen LogP contribution is 2.25. The van der Waals surface area contributed by atoms with Gasteiger partial charge < -0.3 is 10.2 Å². The van der Waals surface area contributed by atoms with E-state index in [1.807, 2.05) is 18.2 Å². The number of rotatable bonds is 7. The number of aromatic nitrogens is 2. The van der Waals surface area contributed by atoms with Crippen LogP contribution in [0, 0.1) is 5.92 Å². The predicted molar refractivity (Wildman–Crippen MR) is 102 cm³/mol. The lowest BCUT2D eigenvalue weighted by molar-refractivity contribution is -0.125. The summed E-state index contributed by atoms with van der Waals surface area (Å²) in [5.41, 5.74) is 1.23. The van der Waals surface area contributed by atoms with Crippen LogP contribution in [-0.4, -0.2) is 34.9 Å². The molecule has 1 amide bonds. The average molecular weight is 359 g/mol. The third kappa shape index (κ3) is 5.01. The highest BCUT2D eigenvalue weighted by Gasteiger charge is 2.26. The van der Waals surface area contributed by atoms with E-state index >= 15 is 0 Å². The molecule has 3 rings (SSSR count). The first-order valence-corrected chi connectivity index (χ1v) is 9.92. The Kier molecular flexibility index (Phi) is 6.39. The quantitative estimate of drug-likeness (QED) is 0.772. The van der Waals surface area contributed by atoms with Gasteiger partial charge in [0.05, 0.1) is 0 Å². The van der Waals surface area contributed by atoms with Crippen LogP contribution in [0.1, 0.15) is 44.0 Å². The van der Waals surface area contributed by atoms with E-state index in [0.717, 1.165) is 62.7 Å². The maximum absolute atomic E-state index is 12.2. The first kappa shape index (κ1) is 17.9. The number of hydrogen-bond acceptors (Lipinski definition) is 5. The SMILES string of the molecule is CCCCNC(=O)C1CCN(c2nc(Cc3ccccc3)ns2)CC1. The van der Waals surface area contributed by atoms with E-state index in [1.165, 1.54) is 17.1 Å². The number of nitrogens with one attached hydrogen (secondary N) is 1. The number of carbonyl (C=O) groups excluding carboxylic acids is 1. The molecule has 0 atom stereocenters. The molecule has 134 valence electrons. The average Bonchev–Trinajstić information content (AvgIpc) is 3.11. The fraction of sp³-hybridized carbons (Fsp3) is 0.526. The summed E-state index contributed by atoms with van der Waals surface area (Å²) in [4.78, 5) is 19.1. The van der Waals surface area contributed by atoms with Crippen molar-refractivity contribution in [2.75, 3.05) is 24.5 Å². The van der Waals surface area contributed by atoms with Gasteiger partial charge in [-0.25, -0.2) is 4.98 Å². The Morgan fingerprint density at radius 2 is 2.04 bits per heavy atom. The Bertz CT molecular complexity index is 665. The Labute approximate surface area is 153 Å². The van der Waals surface area contributed by atoms with Crippen LogP contribution in [0.15, 0.2) is 30.3 Å². The van der Waals surface area contributed by atoms with Crippen LogP contribution in [0.25, 0.3) is 0 Å². The van der Waals surface area contributed by atoms with Crippen LogP contribution in [0.2, 0.25) is 0 Å². The first-order valence-electron chi connectivity index (χ1n) is 9.15. The second-order valence-electron chi connectivity index (χ2n) is 6.56. The molecule has 0 bridgehead atoms. The minimum absolute atomic E-state index is 0.143. The van der Waals surface area contributed by atoms with E-state index in [-0.39, 0.29) is 11.8 Å². The summed E-state index contributed by atoms with van der Waals surface area (Å²) in [5, 5.41) is 4.04. The Balaban J connectivity index is 1.49. The molecule has 1 aliphatic rings. The van der Waals surface area contributed by atoms with Crippen molar-refractivity contribution >= 4 is 22.6 Å². The lowest BCUT2D eigenvalue weighted by Crippen LogP contribution is -2.40. The van der Waals surface area contributed by atoms with Gasteiger partial charge in [0.2, 0.25) is 11.0 Å². The normalized spacial score (nSPS) is 15.3. The zero-order valence-corrected chi connectivity index (χ0v) is 15.6. The molecular weight excluding hydrogens is 332 g/mol. The first-order chi connectivity index (χ1) is 12.3. The number of hydrogen-bond donors (Lipinski definition) is 1. The molecule has 0 unspecified atom stereocenters. The van der Waals surface area contributed by atoms with E-state index < -0.39 is 0 Å². The molecule has 0 radical (unpaired) electrons. The number of unbranched alkanes of at least 4 members (excludes halogenated alkanes) is 1. The molecule has 6 heteroatoms. The summed E-state index contributed by atoms with van der Waals surface area (Å²) in [6.45, 7) is 4.70. The van der Waals surface area contributed by atoms with E-state index in [2.05, 4.69) is 33.6 Å². The fourth-order valence-electron chi connectivity index (χ4n) is 3.09. The zero-order valence-electron chi connectivity index (χ0n) is 14.8. The van der Waals surface area contributed by atoms with Gasteiger partial charge >= 0.3 is 0 Å². The summed E-state index contributed by atoms with van der Waals surface area (Å²) in [7, 11) is 0. The summed E-state index contributed by atoms with van der Waals surface area (Å²) < 4.78 is 4.50. The lowest BCUT2D eigenvalue weighted by Gasteiger charge is -2.30. The highest BCUT2D eigenvalue weighted by atomic mass is 32.1. The molecule has 1 aliphatic heterocycles. The van der Waals surface area contributed by atoms with Crippen LogP contribution < -0.4 is 10.2 Å². The lowest BCUT2D eigenvalue weighted by atomic mass is 9.96. The van der Waals surface area contributed by atoms with E-state index in [0.29, 0.717) is 0 Å². The topological polar surface area (TPSA) is 58.1 Å². The molecule has 1 N–H and O–H groups in total. The van der Waals surface area contributed by atoms with Crippen LogP contribution in [-0.2, 0) is 11.2 Å². The van der Waals surface area contributed by atoms with Gasteiger partial charge in [0.25, 0.3) is 0 Å². The van der Waals surface area contributed by atoms with Crippen molar-refractivity contribution < 1.29 is 4.79 Å². The number of benzene rings is 1. The van der Waals surface area contributed by atoms with Crippen LogP contribution >= 0.6 is 11.5 Å². The molecule has 5 nitrogen and oxygen atoms in total. The highest BCUT2D eigenvalue weighted by molar-refractivity contribution is 7.09. The largest absolute Gasteiger partial charge is 0.356 e. The fourth-order valence-corrected chi connectivity index (χ4v) is 3.83. The van der Waals surface area contributed by atoms with Crippen LogP contribution in [0.4, 0.5) is 5.13 Å². The van der Waals surface area contributed by atoms with Crippen LogP contribution in [0.5, 0.6) is 0 Å². The van der Waals surface area contributed by atoms with Crippen molar-refractivity contribution in [1.29, 1.82) is 0 Å². The number of carbonyl (C=O) groups is 1. The zero-order chi connectivity index (χ0) is 17.5. The van der Waals surface area contributed by atoms with Crippen molar-refractivity contribution in [1.82, 2.24) is 14.7 Å². The maximum Gasteiger partial charge on any atom is 0.223 e. The van der Waals surface area contributed by atoms with Crippen molar-refractivity contribution in [3.8, 4) is 0 Å². The van der Waals surface area contributed by atoms with Crippen molar-refractivity contribution in [2.24, 2.45) is 5.92 Å². The molecule has 1 fully saturated rings. The second-order valence-corrected chi connectivity index (χ2v) is 7.29. The van der Waals surface area contributed by atoms with Crippen molar-refractivity contribution in [2.45, 2.75) is 39.0 Å². The van der Waals surface area contributed by atoms with Gasteiger partial charge in [0.15, 0.2) is 0 Å². The standard InChI is InChI=1S/C19H26N4OS/c1-2-3-11-20-18(24)16-9-12-23(13-10-16)19-21-17(22-25-19)14-15-7-5-4-6-8-15/h4-8,16H,2-3,9-14H2,1H3,(H,20,24). The summed E-state index contributed by atoms with van der Waals surface area (Å²) in [6.07, 6.45) is 4.73. The Morgan fingerprint density at radius 3 is 2.76 bits per heavy atom. The van der Waals surface area contributed by atoms with E-state index in [9.17, 15) is 4.79 Å². The predicted octanol–water partition coefficient (Wildman–Crippen LogP) is 3.26. The molecule has 0 spiro atoms. The van der Waals surface area contributed by atoms with Gasteiger partial charge in [-0.05, 0) is 24.8 Å². The van der Waals surface area contributed by atoms with E-state index in [4.69, 9.17) is 4.98 Å². The van der Waals surface area contributed by atoms with Crippen molar-refractivity contribution in [3.63, 3.8) is 0 Å². The van der Waals surface area contributed by atoms with Crippen LogP contribution in [0.3, 0.4) is 0 Å². The number of amides is 1. The molecule has 2 aromatic rings. The van der Waals surface area contributed by atoms with Gasteiger partial charge in [-0.1, -0.05) is 43.7 Å². The molecule has 1 aromatic carbocycles. The maximum atomic E-state index is 12.2. The Morgan fingerprint density at radius 1 is 1.28 bits per heavy atom. The molecular formula is C19H26N4OS. The van der Waals surface area contributed by atoms with Gasteiger partial charge in [0, 0.05) is 43.5 Å². The van der Waals surface area contributed by atoms with Gasteiger partial charge in [-0.2, -0.15) is 4.37 Å². The van der Waals surface area contributed by atoms with Gasteiger partial charge in [-0.15, -0.1) is 0 Å². The summed E-state index contributed by atoms with van der Waals surface area (Å²) in [6, 6.07) is 10.3. The van der Waals surface area contributed by atoms with Gasteiger partial charge in [-0.3, -0.25) is 4.79 Å². The smallest absolute Gasteiger partial charge is 0.223 e. The molecule has 2 heterocycles. The number of anilines is 1. The van der Waals surface area contributed by atoms with Gasteiger partial charge in [0.1, 0.15) is 5.82 Å². The number of nitrogens with zero attached hydrogens (tertiary/aromatic N) is 3. The van der Waals surface area contributed by atoms with E-state index in [1.54, 1.807) is 0 Å². The molecule has 1 saturated heterocycles. The summed E-state index contributed by atoms with van der Waals surface area (Å²) in [5.74, 6) is 1.24. The number of piperidine rings is 1. The minimum atomic E-state index is 0.143. The summed E-state index contributed by atoms with van der Waals surface area (Å²) >= 11 is 1.47. The third-order valence-corrected chi connectivity index (χ3v) is 5.44. The third-order valence-electron chi connectivity index (χ3n) is 4.63. The Hall–Kier alpha value is -1.95. The molecule has 25 heavy (non-hydrogen) atoms. The monoisotopic (exact) mass is 358 g/mol. The molecule has 0 saturated carbocycles.